The molecule has 2 aliphatic heterocycles. The summed E-state index contributed by atoms with van der Waals surface area (Å²) in [4.78, 5) is 6.87. The molecular weight excluding hydrogens is 275 g/mol. The van der Waals surface area contributed by atoms with Crippen LogP contribution in [0.25, 0.3) is 0 Å². The highest BCUT2D eigenvalue weighted by molar-refractivity contribution is 7.14. The number of nitrogens with zero attached hydrogens (tertiary/aromatic N) is 2. The second-order valence-electron chi connectivity index (χ2n) is 6.41. The Labute approximate surface area is 124 Å². The Morgan fingerprint density at radius 3 is 2.45 bits per heavy atom. The first-order chi connectivity index (χ1) is 9.32. The van der Waals surface area contributed by atoms with Crippen molar-refractivity contribution in [3.8, 4) is 0 Å². The van der Waals surface area contributed by atoms with Gasteiger partial charge in [0.25, 0.3) is 0 Å². The van der Waals surface area contributed by atoms with E-state index in [0.29, 0.717) is 6.10 Å². The molecule has 7 heteroatoms. The monoisotopic (exact) mass is 296 g/mol. The molecule has 0 N–H and O–H groups in total. The minimum atomic E-state index is -0.371. The van der Waals surface area contributed by atoms with Gasteiger partial charge in [-0.15, -0.1) is 11.3 Å². The van der Waals surface area contributed by atoms with E-state index >= 15 is 0 Å². The molecule has 0 spiro atoms. The maximum absolute atomic E-state index is 6.02. The molecular formula is C13H21BN2O3S. The van der Waals surface area contributed by atoms with Crippen molar-refractivity contribution in [2.45, 2.75) is 45.0 Å². The summed E-state index contributed by atoms with van der Waals surface area (Å²) in [6, 6.07) is 0. The average molecular weight is 296 g/mol. The van der Waals surface area contributed by atoms with Gasteiger partial charge in [-0.25, -0.2) is 4.98 Å². The van der Waals surface area contributed by atoms with E-state index < -0.39 is 0 Å². The number of hydrogen-bond donors (Lipinski definition) is 0. The van der Waals surface area contributed by atoms with Crippen LogP contribution in [0.3, 0.4) is 0 Å². The Morgan fingerprint density at radius 2 is 1.90 bits per heavy atom. The van der Waals surface area contributed by atoms with Crippen LogP contribution in [0, 0.1) is 0 Å². The summed E-state index contributed by atoms with van der Waals surface area (Å²) in [6.07, 6.45) is 0.333. The Hall–Kier alpha value is -0.625. The van der Waals surface area contributed by atoms with Crippen LogP contribution in [0.4, 0.5) is 5.13 Å². The van der Waals surface area contributed by atoms with Crippen molar-refractivity contribution >= 4 is 29.2 Å². The molecule has 2 aliphatic rings. The molecule has 0 bridgehead atoms. The molecule has 0 saturated carbocycles. The van der Waals surface area contributed by atoms with E-state index in [1.807, 2.05) is 5.38 Å². The average Bonchev–Trinajstić information content (AvgIpc) is 2.82. The molecule has 2 fully saturated rings. The molecule has 3 heterocycles. The van der Waals surface area contributed by atoms with Crippen LogP contribution in [0.15, 0.2) is 5.38 Å². The number of methoxy groups -OCH3 is 1. The molecule has 0 aliphatic carbocycles. The molecule has 0 radical (unpaired) electrons. The first kappa shape index (κ1) is 14.3. The molecule has 0 amide bonds. The van der Waals surface area contributed by atoms with Crippen molar-refractivity contribution in [3.63, 3.8) is 0 Å². The molecule has 110 valence electrons. The highest BCUT2D eigenvalue weighted by Gasteiger charge is 2.52. The standard InChI is InChI=1S/C13H21BN2O3S/c1-12(2)13(3,4)19-14(18-12)10-8-20-11(15-10)16-6-9(7-16)17-5/h8-9H,6-7H2,1-5H3. The van der Waals surface area contributed by atoms with Gasteiger partial charge in [0.15, 0.2) is 5.13 Å². The fourth-order valence-corrected chi connectivity index (χ4v) is 3.08. The summed E-state index contributed by atoms with van der Waals surface area (Å²) in [5.74, 6) is 0. The fourth-order valence-electron chi connectivity index (χ4n) is 2.24. The third kappa shape index (κ3) is 2.26. The lowest BCUT2D eigenvalue weighted by Crippen LogP contribution is -2.52. The maximum Gasteiger partial charge on any atom is 0.515 e. The van der Waals surface area contributed by atoms with Crippen LogP contribution in [-0.2, 0) is 14.0 Å². The van der Waals surface area contributed by atoms with Crippen LogP contribution >= 0.6 is 11.3 Å². The van der Waals surface area contributed by atoms with Gasteiger partial charge in [-0.05, 0) is 27.7 Å². The fraction of sp³-hybridized carbons (Fsp3) is 0.769. The zero-order valence-electron chi connectivity index (χ0n) is 12.7. The number of anilines is 1. The van der Waals surface area contributed by atoms with Gasteiger partial charge in [-0.2, -0.15) is 0 Å². The van der Waals surface area contributed by atoms with Gasteiger partial charge in [0.1, 0.15) is 0 Å². The third-order valence-corrected chi connectivity index (χ3v) is 5.38. The second-order valence-corrected chi connectivity index (χ2v) is 7.24. The summed E-state index contributed by atoms with van der Waals surface area (Å²) in [5.41, 5.74) is 0.225. The van der Waals surface area contributed by atoms with Gasteiger partial charge in [0.05, 0.1) is 22.9 Å². The highest BCUT2D eigenvalue weighted by atomic mass is 32.1. The number of aromatic nitrogens is 1. The van der Waals surface area contributed by atoms with Crippen molar-refractivity contribution in [1.82, 2.24) is 4.98 Å². The van der Waals surface area contributed by atoms with E-state index in [4.69, 9.17) is 14.0 Å². The SMILES string of the molecule is COC1CN(c2nc(B3OC(C)(C)C(C)(C)O3)cs2)C1. The minimum absolute atomic E-state index is 0.320. The summed E-state index contributed by atoms with van der Waals surface area (Å²) in [5, 5.41) is 3.04. The van der Waals surface area contributed by atoms with E-state index in [1.54, 1.807) is 18.4 Å². The summed E-state index contributed by atoms with van der Waals surface area (Å²) in [6.45, 7) is 10.0. The van der Waals surface area contributed by atoms with Crippen molar-refractivity contribution in [2.75, 3.05) is 25.1 Å². The summed E-state index contributed by atoms with van der Waals surface area (Å²) in [7, 11) is 1.38. The van der Waals surface area contributed by atoms with Crippen molar-refractivity contribution in [1.29, 1.82) is 0 Å². The van der Waals surface area contributed by atoms with E-state index in [1.165, 1.54) is 0 Å². The molecule has 5 nitrogen and oxygen atoms in total. The van der Waals surface area contributed by atoms with E-state index in [-0.39, 0.29) is 18.3 Å². The Morgan fingerprint density at radius 1 is 1.30 bits per heavy atom. The largest absolute Gasteiger partial charge is 0.515 e. The van der Waals surface area contributed by atoms with Crippen molar-refractivity contribution in [2.24, 2.45) is 0 Å². The van der Waals surface area contributed by atoms with Gasteiger partial charge < -0.3 is 18.9 Å². The van der Waals surface area contributed by atoms with E-state index in [0.717, 1.165) is 23.8 Å². The first-order valence-corrected chi connectivity index (χ1v) is 7.79. The second kappa shape index (κ2) is 4.69. The number of hydrogen-bond acceptors (Lipinski definition) is 6. The van der Waals surface area contributed by atoms with Crippen LogP contribution < -0.4 is 10.5 Å². The van der Waals surface area contributed by atoms with Crippen molar-refractivity contribution in [3.05, 3.63) is 5.38 Å². The lowest BCUT2D eigenvalue weighted by molar-refractivity contribution is 0.00578. The van der Waals surface area contributed by atoms with Crippen LogP contribution in [0.2, 0.25) is 0 Å². The summed E-state index contributed by atoms with van der Waals surface area (Å²) >= 11 is 1.63. The Bertz CT molecular complexity index is 484. The molecule has 1 aromatic rings. The van der Waals surface area contributed by atoms with E-state index in [2.05, 4.69) is 37.6 Å². The number of rotatable bonds is 3. The van der Waals surface area contributed by atoms with Gasteiger partial charge in [0.2, 0.25) is 0 Å². The van der Waals surface area contributed by atoms with Crippen molar-refractivity contribution < 1.29 is 14.0 Å². The van der Waals surface area contributed by atoms with Gasteiger partial charge in [0, 0.05) is 25.6 Å². The van der Waals surface area contributed by atoms with Gasteiger partial charge in [-0.3, -0.25) is 0 Å². The van der Waals surface area contributed by atoms with Crippen LogP contribution in [-0.4, -0.2) is 49.6 Å². The number of thiazole rings is 1. The first-order valence-electron chi connectivity index (χ1n) is 6.91. The topological polar surface area (TPSA) is 43.8 Å². The normalized spacial score (nSPS) is 25.1. The lowest BCUT2D eigenvalue weighted by atomic mass is 9.86. The summed E-state index contributed by atoms with van der Waals surface area (Å²) < 4.78 is 17.3. The predicted octanol–water partition coefficient (Wildman–Crippen LogP) is 1.28. The Kier molecular flexibility index (Phi) is 3.36. The molecule has 0 atom stereocenters. The van der Waals surface area contributed by atoms with Gasteiger partial charge >= 0.3 is 7.12 Å². The quantitative estimate of drug-likeness (QED) is 0.786. The smallest absolute Gasteiger partial charge is 0.398 e. The van der Waals surface area contributed by atoms with Crippen LogP contribution in [0.5, 0.6) is 0 Å². The molecule has 2 saturated heterocycles. The van der Waals surface area contributed by atoms with Crippen LogP contribution in [0.1, 0.15) is 27.7 Å². The lowest BCUT2D eigenvalue weighted by Gasteiger charge is -2.37. The minimum Gasteiger partial charge on any atom is -0.398 e. The third-order valence-electron chi connectivity index (χ3n) is 4.46. The van der Waals surface area contributed by atoms with Gasteiger partial charge in [-0.1, -0.05) is 0 Å². The maximum atomic E-state index is 6.02. The molecule has 1 aromatic heterocycles. The molecule has 3 rings (SSSR count). The molecule has 20 heavy (non-hydrogen) atoms. The zero-order valence-corrected chi connectivity index (χ0v) is 13.5. The zero-order chi connectivity index (χ0) is 14.5. The highest BCUT2D eigenvalue weighted by Crippen LogP contribution is 2.36. The molecule has 0 unspecified atom stereocenters. The number of ether oxygens (including phenoxy) is 1. The van der Waals surface area contributed by atoms with E-state index in [9.17, 15) is 0 Å². The predicted molar refractivity (Wildman–Crippen MR) is 80.8 cm³/mol. The molecule has 0 aromatic carbocycles. The Balaban J connectivity index is 1.70.